The molecule has 0 aromatic heterocycles. The van der Waals surface area contributed by atoms with Crippen LogP contribution in [0.2, 0.25) is 0 Å². The van der Waals surface area contributed by atoms with E-state index in [0.717, 1.165) is 43.1 Å². The highest BCUT2D eigenvalue weighted by Gasteiger charge is 2.22. The highest BCUT2D eigenvalue weighted by atomic mass is 16.5. The van der Waals surface area contributed by atoms with E-state index in [2.05, 4.69) is 31.9 Å². The van der Waals surface area contributed by atoms with Gasteiger partial charge in [0.2, 0.25) is 0 Å². The Balaban J connectivity index is 1.53. The molecule has 0 spiro atoms. The quantitative estimate of drug-likeness (QED) is 0.423. The number of guanidine groups is 1. The van der Waals surface area contributed by atoms with Gasteiger partial charge in [-0.1, -0.05) is 24.3 Å². The second kappa shape index (κ2) is 12.3. The Labute approximate surface area is 195 Å². The van der Waals surface area contributed by atoms with Crippen LogP contribution in [0.25, 0.3) is 0 Å². The number of aliphatic imine (C=N–C) groups is 1. The van der Waals surface area contributed by atoms with Gasteiger partial charge in [-0.25, -0.2) is 0 Å². The number of nitrogens with zero attached hydrogens (tertiary/aromatic N) is 3. The number of amides is 1. The molecule has 0 aliphatic carbocycles. The molecule has 1 aliphatic heterocycles. The maximum absolute atomic E-state index is 11.6. The van der Waals surface area contributed by atoms with Gasteiger partial charge in [-0.15, -0.1) is 0 Å². The maximum atomic E-state index is 11.6. The van der Waals surface area contributed by atoms with Crippen molar-refractivity contribution in [1.29, 1.82) is 5.26 Å². The van der Waals surface area contributed by atoms with Crippen LogP contribution in [0.5, 0.6) is 5.75 Å². The van der Waals surface area contributed by atoms with Gasteiger partial charge in [-0.2, -0.15) is 5.26 Å². The van der Waals surface area contributed by atoms with E-state index in [9.17, 15) is 10.1 Å². The number of benzene rings is 2. The fourth-order valence-corrected chi connectivity index (χ4v) is 3.87. The first kappa shape index (κ1) is 23.9. The smallest absolute Gasteiger partial charge is 0.257 e. The van der Waals surface area contributed by atoms with Crippen LogP contribution < -0.4 is 25.6 Å². The molecule has 1 amide bonds. The number of ether oxygens (including phenoxy) is 1. The number of nitrogens with one attached hydrogen (secondary N) is 3. The Morgan fingerprint density at radius 2 is 2.09 bits per heavy atom. The molecule has 8 nitrogen and oxygen atoms in total. The summed E-state index contributed by atoms with van der Waals surface area (Å²) in [7, 11) is 1.76. The predicted molar refractivity (Wildman–Crippen MR) is 130 cm³/mol. The van der Waals surface area contributed by atoms with Crippen molar-refractivity contribution >= 4 is 17.6 Å². The molecule has 1 unspecified atom stereocenters. The van der Waals surface area contributed by atoms with Gasteiger partial charge in [0.25, 0.3) is 5.91 Å². The zero-order valence-electron chi connectivity index (χ0n) is 19.3. The van der Waals surface area contributed by atoms with Crippen molar-refractivity contribution in [3.05, 3.63) is 59.7 Å². The molecule has 0 radical (unpaired) electrons. The van der Waals surface area contributed by atoms with Crippen molar-refractivity contribution in [3.63, 3.8) is 0 Å². The van der Waals surface area contributed by atoms with E-state index in [1.165, 1.54) is 0 Å². The minimum atomic E-state index is -0.135. The molecule has 33 heavy (non-hydrogen) atoms. The molecule has 1 heterocycles. The van der Waals surface area contributed by atoms with Crippen LogP contribution in [0, 0.1) is 11.3 Å². The number of piperidine rings is 1. The largest absolute Gasteiger partial charge is 0.484 e. The number of para-hydroxylation sites is 1. The molecule has 2 aromatic rings. The third-order valence-electron chi connectivity index (χ3n) is 5.45. The van der Waals surface area contributed by atoms with Crippen molar-refractivity contribution in [2.24, 2.45) is 4.99 Å². The van der Waals surface area contributed by atoms with Crippen molar-refractivity contribution in [2.75, 3.05) is 38.2 Å². The number of anilines is 1. The Hall–Kier alpha value is -3.73. The molecule has 1 aliphatic rings. The van der Waals surface area contributed by atoms with E-state index in [4.69, 9.17) is 4.74 Å². The van der Waals surface area contributed by atoms with Crippen molar-refractivity contribution in [2.45, 2.75) is 32.4 Å². The van der Waals surface area contributed by atoms with E-state index >= 15 is 0 Å². The lowest BCUT2D eigenvalue weighted by Crippen LogP contribution is -2.51. The molecule has 0 bridgehead atoms. The van der Waals surface area contributed by atoms with E-state index in [-0.39, 0.29) is 18.6 Å². The maximum Gasteiger partial charge on any atom is 0.257 e. The Kier molecular flexibility index (Phi) is 8.95. The summed E-state index contributed by atoms with van der Waals surface area (Å²) in [6.45, 7) is 4.78. The molecular formula is C25H32N6O2. The number of carbonyl (C=O) groups excluding carboxylic acids is 1. The highest BCUT2D eigenvalue weighted by Crippen LogP contribution is 2.23. The minimum absolute atomic E-state index is 0.00105. The molecule has 174 valence electrons. The third-order valence-corrected chi connectivity index (χ3v) is 5.45. The zero-order valence-corrected chi connectivity index (χ0v) is 19.3. The number of hydrogen-bond donors (Lipinski definition) is 3. The van der Waals surface area contributed by atoms with Crippen molar-refractivity contribution in [1.82, 2.24) is 16.0 Å². The number of carbonyl (C=O) groups is 1. The standard InChI is InChI=1S/C25H32N6O2/c1-3-28-24(32)18-33-22-11-6-8-19(14-22)16-29-25(27-2)30-21-10-7-13-31(17-21)23-12-5-4-9-20(23)15-26/h4-6,8-9,11-12,14,21H,3,7,10,13,16-18H2,1-2H3,(H,28,32)(H2,27,29,30). The summed E-state index contributed by atoms with van der Waals surface area (Å²) in [6, 6.07) is 17.9. The van der Waals surface area contributed by atoms with Gasteiger partial charge in [0.15, 0.2) is 12.6 Å². The van der Waals surface area contributed by atoms with Gasteiger partial charge >= 0.3 is 0 Å². The van der Waals surface area contributed by atoms with Crippen molar-refractivity contribution < 1.29 is 9.53 Å². The lowest BCUT2D eigenvalue weighted by Gasteiger charge is -2.35. The third kappa shape index (κ3) is 7.14. The van der Waals surface area contributed by atoms with Gasteiger partial charge in [-0.05, 0) is 49.6 Å². The predicted octanol–water partition coefficient (Wildman–Crippen LogP) is 2.41. The summed E-state index contributed by atoms with van der Waals surface area (Å²) < 4.78 is 5.57. The van der Waals surface area contributed by atoms with Crippen LogP contribution in [0.3, 0.4) is 0 Å². The minimum Gasteiger partial charge on any atom is -0.484 e. The zero-order chi connectivity index (χ0) is 23.5. The van der Waals surface area contributed by atoms with E-state index in [1.807, 2.05) is 55.5 Å². The van der Waals surface area contributed by atoms with Gasteiger partial charge in [0, 0.05) is 39.3 Å². The molecule has 0 saturated carbocycles. The second-order valence-corrected chi connectivity index (χ2v) is 7.87. The summed E-state index contributed by atoms with van der Waals surface area (Å²) in [5.74, 6) is 1.25. The molecule has 1 saturated heterocycles. The number of nitriles is 1. The lowest BCUT2D eigenvalue weighted by molar-refractivity contribution is -0.122. The molecule has 3 rings (SSSR count). The molecule has 2 aromatic carbocycles. The van der Waals surface area contributed by atoms with Gasteiger partial charge in [-0.3, -0.25) is 9.79 Å². The molecule has 8 heteroatoms. The summed E-state index contributed by atoms with van der Waals surface area (Å²) in [5.41, 5.74) is 2.72. The fourth-order valence-electron chi connectivity index (χ4n) is 3.87. The summed E-state index contributed by atoms with van der Waals surface area (Å²) in [4.78, 5) is 18.2. The first-order valence-corrected chi connectivity index (χ1v) is 11.3. The van der Waals surface area contributed by atoms with Crippen LogP contribution in [-0.4, -0.2) is 51.2 Å². The van der Waals surface area contributed by atoms with Gasteiger partial charge in [0.05, 0.1) is 11.3 Å². The van der Waals surface area contributed by atoms with E-state index in [0.29, 0.717) is 24.4 Å². The topological polar surface area (TPSA) is 102 Å². The van der Waals surface area contributed by atoms with Gasteiger partial charge in [0.1, 0.15) is 11.8 Å². The second-order valence-electron chi connectivity index (χ2n) is 7.87. The average molecular weight is 449 g/mol. The highest BCUT2D eigenvalue weighted by molar-refractivity contribution is 5.80. The number of hydrogen-bond acceptors (Lipinski definition) is 5. The SMILES string of the molecule is CCNC(=O)COc1cccc(CNC(=NC)NC2CCCN(c3ccccc3C#N)C2)c1. The monoisotopic (exact) mass is 448 g/mol. The lowest BCUT2D eigenvalue weighted by atomic mass is 10.0. The summed E-state index contributed by atoms with van der Waals surface area (Å²) >= 11 is 0. The van der Waals surface area contributed by atoms with Crippen LogP contribution in [0.15, 0.2) is 53.5 Å². The van der Waals surface area contributed by atoms with Crippen LogP contribution in [0.4, 0.5) is 5.69 Å². The number of rotatable bonds is 8. The number of likely N-dealkylation sites (N-methyl/N-ethyl adjacent to an activating group) is 1. The summed E-state index contributed by atoms with van der Waals surface area (Å²) in [5, 5.41) is 19.0. The summed E-state index contributed by atoms with van der Waals surface area (Å²) in [6.07, 6.45) is 2.08. The first-order chi connectivity index (χ1) is 16.1. The normalized spacial score (nSPS) is 16.0. The van der Waals surface area contributed by atoms with E-state index < -0.39 is 0 Å². The van der Waals surface area contributed by atoms with Gasteiger partial charge < -0.3 is 25.6 Å². The van der Waals surface area contributed by atoms with Crippen LogP contribution in [-0.2, 0) is 11.3 Å². The van der Waals surface area contributed by atoms with Crippen LogP contribution >= 0.6 is 0 Å². The molecule has 1 atom stereocenters. The van der Waals surface area contributed by atoms with Crippen molar-refractivity contribution in [3.8, 4) is 11.8 Å². The molecule has 3 N–H and O–H groups in total. The fraction of sp³-hybridized carbons (Fsp3) is 0.400. The molecular weight excluding hydrogens is 416 g/mol. The average Bonchev–Trinajstić information content (AvgIpc) is 2.86. The first-order valence-electron chi connectivity index (χ1n) is 11.3. The van der Waals surface area contributed by atoms with E-state index in [1.54, 1.807) is 7.05 Å². The van der Waals surface area contributed by atoms with Crippen LogP contribution in [0.1, 0.15) is 30.9 Å². The Morgan fingerprint density at radius 1 is 1.24 bits per heavy atom. The molecule has 1 fully saturated rings. The Bertz CT molecular complexity index is 1000. The Morgan fingerprint density at radius 3 is 2.88 bits per heavy atom.